The number of nitrogens with one attached hydrogen (secondary N) is 1. The topological polar surface area (TPSA) is 58.4 Å². The molecule has 0 aromatic heterocycles. The molecule has 3 fully saturated rings. The number of rotatable bonds is 3. The smallest absolute Gasteiger partial charge is 0.220 e. The van der Waals surface area contributed by atoms with Crippen LogP contribution in [0.2, 0.25) is 0 Å². The molecule has 0 radical (unpaired) electrons. The van der Waals surface area contributed by atoms with Crippen LogP contribution in [0.5, 0.6) is 0 Å². The third kappa shape index (κ3) is 3.17. The van der Waals surface area contributed by atoms with E-state index in [0.29, 0.717) is 24.4 Å². The van der Waals surface area contributed by atoms with E-state index in [9.17, 15) is 4.79 Å². The Morgan fingerprint density at radius 2 is 1.85 bits per heavy atom. The Kier molecular flexibility index (Phi) is 4.61. The zero-order valence-corrected chi connectivity index (χ0v) is 12.5. The van der Waals surface area contributed by atoms with E-state index in [-0.39, 0.29) is 11.9 Å². The van der Waals surface area contributed by atoms with Crippen molar-refractivity contribution >= 4 is 5.91 Å². The van der Waals surface area contributed by atoms with Crippen molar-refractivity contribution in [2.75, 3.05) is 13.1 Å². The summed E-state index contributed by atoms with van der Waals surface area (Å²) < 4.78 is 0. The van der Waals surface area contributed by atoms with E-state index in [2.05, 4.69) is 10.2 Å². The number of fused-ring (bicyclic) bond motifs is 1. The van der Waals surface area contributed by atoms with Crippen molar-refractivity contribution in [3.63, 3.8) is 0 Å². The van der Waals surface area contributed by atoms with Gasteiger partial charge in [-0.05, 0) is 44.6 Å². The summed E-state index contributed by atoms with van der Waals surface area (Å²) in [6.45, 7) is 2.39. The molecule has 3 aliphatic rings. The number of hydrogen-bond donors (Lipinski definition) is 2. The minimum atomic E-state index is 0.240. The molecule has 4 heteroatoms. The molecule has 0 aromatic rings. The molecule has 2 heterocycles. The second-order valence-electron chi connectivity index (χ2n) is 6.97. The fourth-order valence-corrected chi connectivity index (χ4v) is 4.41. The summed E-state index contributed by atoms with van der Waals surface area (Å²) in [5.74, 6) is 0.650. The molecule has 0 spiro atoms. The lowest BCUT2D eigenvalue weighted by Crippen LogP contribution is -2.47. The van der Waals surface area contributed by atoms with Gasteiger partial charge in [-0.2, -0.15) is 0 Å². The number of carbonyl (C=O) groups excluding carboxylic acids is 1. The third-order valence-corrected chi connectivity index (χ3v) is 5.62. The minimum absolute atomic E-state index is 0.240. The summed E-state index contributed by atoms with van der Waals surface area (Å²) in [6.07, 6.45) is 10.4. The van der Waals surface area contributed by atoms with Gasteiger partial charge >= 0.3 is 0 Å². The summed E-state index contributed by atoms with van der Waals surface area (Å²) in [6, 6.07) is 1.24. The van der Waals surface area contributed by atoms with Crippen molar-refractivity contribution in [2.24, 2.45) is 11.7 Å². The molecule has 2 aliphatic heterocycles. The van der Waals surface area contributed by atoms with Gasteiger partial charge in [-0.15, -0.1) is 0 Å². The lowest BCUT2D eigenvalue weighted by molar-refractivity contribution is -0.123. The van der Waals surface area contributed by atoms with Crippen LogP contribution in [0.1, 0.15) is 57.8 Å². The molecule has 1 amide bonds. The van der Waals surface area contributed by atoms with Crippen LogP contribution in [-0.2, 0) is 4.79 Å². The largest absolute Gasteiger partial charge is 0.352 e. The van der Waals surface area contributed by atoms with E-state index in [1.54, 1.807) is 0 Å². The molecule has 2 saturated heterocycles. The summed E-state index contributed by atoms with van der Waals surface area (Å²) in [7, 11) is 0. The van der Waals surface area contributed by atoms with Crippen molar-refractivity contribution in [3.8, 4) is 0 Å². The maximum Gasteiger partial charge on any atom is 0.220 e. The number of nitrogens with zero attached hydrogens (tertiary/aromatic N) is 1. The van der Waals surface area contributed by atoms with Crippen LogP contribution >= 0.6 is 0 Å². The van der Waals surface area contributed by atoms with Gasteiger partial charge in [0.25, 0.3) is 0 Å². The molecule has 1 aliphatic carbocycles. The van der Waals surface area contributed by atoms with Crippen molar-refractivity contribution in [1.82, 2.24) is 10.2 Å². The first-order chi connectivity index (χ1) is 9.74. The summed E-state index contributed by atoms with van der Waals surface area (Å²) in [5, 5.41) is 3.31. The highest BCUT2D eigenvalue weighted by Crippen LogP contribution is 2.28. The molecular weight excluding hydrogens is 250 g/mol. The Morgan fingerprint density at radius 3 is 2.70 bits per heavy atom. The fraction of sp³-hybridized carbons (Fsp3) is 0.938. The van der Waals surface area contributed by atoms with Gasteiger partial charge < -0.3 is 11.1 Å². The van der Waals surface area contributed by atoms with Crippen LogP contribution in [0, 0.1) is 5.92 Å². The number of carbonyl (C=O) groups is 1. The SMILES string of the molecule is NC1CCCCC1CC(=O)NC1CCN2CCCCC12. The van der Waals surface area contributed by atoms with Gasteiger partial charge in [-0.1, -0.05) is 19.3 Å². The predicted molar refractivity (Wildman–Crippen MR) is 80.3 cm³/mol. The quantitative estimate of drug-likeness (QED) is 0.825. The molecule has 20 heavy (non-hydrogen) atoms. The Hall–Kier alpha value is -0.610. The number of amides is 1. The summed E-state index contributed by atoms with van der Waals surface area (Å²) in [5.41, 5.74) is 6.15. The number of nitrogens with two attached hydrogens (primary N) is 1. The van der Waals surface area contributed by atoms with Gasteiger partial charge in [-0.25, -0.2) is 0 Å². The molecular formula is C16H29N3O. The van der Waals surface area contributed by atoms with Crippen LogP contribution in [0.25, 0.3) is 0 Å². The van der Waals surface area contributed by atoms with E-state index in [0.717, 1.165) is 19.3 Å². The van der Waals surface area contributed by atoms with Crippen molar-refractivity contribution < 1.29 is 4.79 Å². The first-order valence-electron chi connectivity index (χ1n) is 8.53. The Balaban J connectivity index is 1.48. The zero-order chi connectivity index (χ0) is 13.9. The highest BCUT2D eigenvalue weighted by atomic mass is 16.1. The standard InChI is InChI=1S/C16H29N3O/c17-13-6-2-1-5-12(13)11-16(20)18-14-8-10-19-9-4-3-7-15(14)19/h12-15H,1-11,17H2,(H,18,20). The van der Waals surface area contributed by atoms with E-state index in [1.165, 1.54) is 45.2 Å². The Morgan fingerprint density at radius 1 is 1.05 bits per heavy atom. The fourth-order valence-electron chi connectivity index (χ4n) is 4.41. The van der Waals surface area contributed by atoms with Crippen LogP contribution in [-0.4, -0.2) is 42.0 Å². The van der Waals surface area contributed by atoms with E-state index in [4.69, 9.17) is 5.73 Å². The molecule has 4 atom stereocenters. The van der Waals surface area contributed by atoms with Crippen molar-refractivity contribution in [3.05, 3.63) is 0 Å². The van der Waals surface area contributed by atoms with Gasteiger partial charge in [0.15, 0.2) is 0 Å². The lowest BCUT2D eigenvalue weighted by Gasteiger charge is -2.33. The van der Waals surface area contributed by atoms with Gasteiger partial charge in [0.1, 0.15) is 0 Å². The van der Waals surface area contributed by atoms with Crippen LogP contribution in [0.3, 0.4) is 0 Å². The second-order valence-corrected chi connectivity index (χ2v) is 6.97. The minimum Gasteiger partial charge on any atom is -0.352 e. The molecule has 4 unspecified atom stereocenters. The third-order valence-electron chi connectivity index (χ3n) is 5.62. The Labute approximate surface area is 122 Å². The molecule has 1 saturated carbocycles. The average Bonchev–Trinajstić information content (AvgIpc) is 2.85. The van der Waals surface area contributed by atoms with Gasteiger partial charge in [0, 0.05) is 31.1 Å². The van der Waals surface area contributed by atoms with Gasteiger partial charge in [0.05, 0.1) is 0 Å². The van der Waals surface area contributed by atoms with E-state index >= 15 is 0 Å². The summed E-state index contributed by atoms with van der Waals surface area (Å²) >= 11 is 0. The number of piperidine rings is 1. The molecule has 114 valence electrons. The predicted octanol–water partition coefficient (Wildman–Crippen LogP) is 1.64. The highest BCUT2D eigenvalue weighted by molar-refractivity contribution is 5.76. The van der Waals surface area contributed by atoms with Gasteiger partial charge in [-0.3, -0.25) is 9.69 Å². The second kappa shape index (κ2) is 6.44. The molecule has 0 bridgehead atoms. The highest BCUT2D eigenvalue weighted by Gasteiger charge is 2.36. The monoisotopic (exact) mass is 279 g/mol. The first kappa shape index (κ1) is 14.3. The van der Waals surface area contributed by atoms with E-state index < -0.39 is 0 Å². The lowest BCUT2D eigenvalue weighted by atomic mass is 9.83. The summed E-state index contributed by atoms with van der Waals surface area (Å²) in [4.78, 5) is 14.9. The van der Waals surface area contributed by atoms with Gasteiger partial charge in [0.2, 0.25) is 5.91 Å². The molecule has 3 rings (SSSR count). The maximum atomic E-state index is 12.3. The van der Waals surface area contributed by atoms with Crippen LogP contribution in [0.15, 0.2) is 0 Å². The average molecular weight is 279 g/mol. The normalized spacial score (nSPS) is 38.5. The van der Waals surface area contributed by atoms with Crippen molar-refractivity contribution in [1.29, 1.82) is 0 Å². The van der Waals surface area contributed by atoms with Crippen LogP contribution in [0.4, 0.5) is 0 Å². The molecule has 3 N–H and O–H groups in total. The number of hydrogen-bond acceptors (Lipinski definition) is 3. The van der Waals surface area contributed by atoms with Crippen molar-refractivity contribution in [2.45, 2.75) is 75.9 Å². The zero-order valence-electron chi connectivity index (χ0n) is 12.5. The maximum absolute atomic E-state index is 12.3. The van der Waals surface area contributed by atoms with E-state index in [1.807, 2.05) is 0 Å². The Bertz CT molecular complexity index is 347. The van der Waals surface area contributed by atoms with Crippen LogP contribution < -0.4 is 11.1 Å². The molecule has 4 nitrogen and oxygen atoms in total. The first-order valence-corrected chi connectivity index (χ1v) is 8.53. The molecule has 0 aromatic carbocycles.